The fourth-order valence-electron chi connectivity index (χ4n) is 2.46. The number of benzene rings is 2. The molecule has 26 heavy (non-hydrogen) atoms. The second-order valence-corrected chi connectivity index (χ2v) is 8.94. The molecule has 2 aromatic carbocycles. The van der Waals surface area contributed by atoms with Crippen LogP contribution in [0.5, 0.6) is 0 Å². The van der Waals surface area contributed by atoms with E-state index >= 15 is 0 Å². The molecule has 0 aliphatic heterocycles. The van der Waals surface area contributed by atoms with Crippen molar-refractivity contribution < 1.29 is 13.2 Å². The highest BCUT2D eigenvalue weighted by Crippen LogP contribution is 2.24. The molecule has 8 heteroatoms. The van der Waals surface area contributed by atoms with Crippen molar-refractivity contribution in [3.63, 3.8) is 0 Å². The summed E-state index contributed by atoms with van der Waals surface area (Å²) in [6, 6.07) is 13.0. The number of sulfonamides is 1. The minimum Gasteiger partial charge on any atom is -0.352 e. The van der Waals surface area contributed by atoms with Crippen LogP contribution in [0.4, 0.5) is 0 Å². The van der Waals surface area contributed by atoms with Crippen molar-refractivity contribution in [1.82, 2.24) is 9.62 Å². The quantitative estimate of drug-likeness (QED) is 0.756. The van der Waals surface area contributed by atoms with Crippen molar-refractivity contribution in [1.29, 1.82) is 0 Å². The molecule has 0 spiro atoms. The average molecular weight is 413 g/mol. The van der Waals surface area contributed by atoms with Gasteiger partial charge in [0.05, 0.1) is 11.4 Å². The molecule has 1 aliphatic carbocycles. The van der Waals surface area contributed by atoms with Gasteiger partial charge in [0.15, 0.2) is 0 Å². The van der Waals surface area contributed by atoms with E-state index in [0.717, 1.165) is 17.1 Å². The Balaban J connectivity index is 1.88. The maximum atomic E-state index is 13.1. The first-order valence-corrected chi connectivity index (χ1v) is 10.3. The number of hydrogen-bond acceptors (Lipinski definition) is 3. The minimum absolute atomic E-state index is 0.00270. The summed E-state index contributed by atoms with van der Waals surface area (Å²) in [6.07, 6.45) is 1.86. The molecule has 1 aliphatic rings. The Morgan fingerprint density at radius 1 is 1.08 bits per heavy atom. The topological polar surface area (TPSA) is 66.5 Å². The summed E-state index contributed by atoms with van der Waals surface area (Å²) >= 11 is 12.0. The standard InChI is InChI=1S/C18H18Cl2N2O3S/c19-14-5-9-16(10-6-14)26(24,25)22(12-18(23)21-15-7-8-15)11-13-3-1-2-4-17(13)20/h1-6,9-10,15H,7-8,11-12H2,(H,21,23). The molecule has 138 valence electrons. The van der Waals surface area contributed by atoms with Crippen LogP contribution in [0.25, 0.3) is 0 Å². The van der Waals surface area contributed by atoms with Gasteiger partial charge >= 0.3 is 0 Å². The van der Waals surface area contributed by atoms with Crippen molar-refractivity contribution in [2.75, 3.05) is 6.54 Å². The Labute approximate surface area is 163 Å². The van der Waals surface area contributed by atoms with Gasteiger partial charge < -0.3 is 5.32 Å². The predicted octanol–water partition coefficient (Wildman–Crippen LogP) is 3.46. The van der Waals surface area contributed by atoms with Gasteiger partial charge in [-0.1, -0.05) is 41.4 Å². The molecule has 1 fully saturated rings. The summed E-state index contributed by atoms with van der Waals surface area (Å²) in [5.41, 5.74) is 0.630. The molecule has 3 rings (SSSR count). The maximum absolute atomic E-state index is 13.1. The molecule has 1 amide bonds. The van der Waals surface area contributed by atoms with Crippen molar-refractivity contribution >= 4 is 39.1 Å². The van der Waals surface area contributed by atoms with Crippen molar-refractivity contribution in [3.8, 4) is 0 Å². The van der Waals surface area contributed by atoms with Crippen molar-refractivity contribution in [2.24, 2.45) is 0 Å². The van der Waals surface area contributed by atoms with Crippen LogP contribution in [-0.2, 0) is 21.4 Å². The Kier molecular flexibility index (Phi) is 5.87. The third-order valence-electron chi connectivity index (χ3n) is 4.02. The first-order valence-electron chi connectivity index (χ1n) is 8.15. The fraction of sp³-hybridized carbons (Fsp3) is 0.278. The molecule has 0 heterocycles. The molecule has 0 aromatic heterocycles. The highest BCUT2D eigenvalue weighted by Gasteiger charge is 2.30. The fourth-order valence-corrected chi connectivity index (χ4v) is 4.16. The molecule has 1 N–H and O–H groups in total. The Morgan fingerprint density at radius 2 is 1.73 bits per heavy atom. The van der Waals surface area contributed by atoms with Crippen molar-refractivity contribution in [3.05, 3.63) is 64.1 Å². The summed E-state index contributed by atoms with van der Waals surface area (Å²) < 4.78 is 27.2. The van der Waals surface area contributed by atoms with E-state index in [4.69, 9.17) is 23.2 Å². The van der Waals surface area contributed by atoms with Crippen LogP contribution >= 0.6 is 23.2 Å². The van der Waals surface area contributed by atoms with Gasteiger partial charge in [-0.15, -0.1) is 0 Å². The van der Waals surface area contributed by atoms with Crippen LogP contribution in [0.2, 0.25) is 10.0 Å². The lowest BCUT2D eigenvalue weighted by Gasteiger charge is -2.22. The third kappa shape index (κ3) is 4.76. The molecule has 2 aromatic rings. The van der Waals surface area contributed by atoms with Gasteiger partial charge in [-0.2, -0.15) is 4.31 Å². The number of carbonyl (C=O) groups excluding carboxylic acids is 1. The first kappa shape index (κ1) is 19.2. The highest BCUT2D eigenvalue weighted by atomic mass is 35.5. The highest BCUT2D eigenvalue weighted by molar-refractivity contribution is 7.89. The molecule has 0 unspecified atom stereocenters. The third-order valence-corrected chi connectivity index (χ3v) is 6.44. The van der Waals surface area contributed by atoms with Gasteiger partial charge in [0.1, 0.15) is 0 Å². The van der Waals surface area contributed by atoms with Gasteiger partial charge in [0.2, 0.25) is 15.9 Å². The smallest absolute Gasteiger partial charge is 0.243 e. The van der Waals surface area contributed by atoms with Crippen LogP contribution in [0.15, 0.2) is 53.4 Å². The summed E-state index contributed by atoms with van der Waals surface area (Å²) in [6.45, 7) is -0.268. The molecule has 0 bridgehead atoms. The van der Waals surface area contributed by atoms with E-state index in [1.54, 1.807) is 24.3 Å². The normalized spacial score (nSPS) is 14.4. The minimum atomic E-state index is -3.89. The number of carbonyl (C=O) groups is 1. The van der Waals surface area contributed by atoms with Crippen LogP contribution in [0, 0.1) is 0 Å². The molecular formula is C18H18Cl2N2O3S. The van der Waals surface area contributed by atoms with E-state index < -0.39 is 10.0 Å². The Hall–Kier alpha value is -1.60. The number of halogens is 2. The number of amides is 1. The average Bonchev–Trinajstić information content (AvgIpc) is 3.40. The van der Waals surface area contributed by atoms with Crippen LogP contribution in [0.1, 0.15) is 18.4 Å². The molecule has 1 saturated carbocycles. The van der Waals surface area contributed by atoms with E-state index in [1.165, 1.54) is 24.3 Å². The van der Waals surface area contributed by atoms with Gasteiger partial charge in [-0.3, -0.25) is 4.79 Å². The monoisotopic (exact) mass is 412 g/mol. The summed E-state index contributed by atoms with van der Waals surface area (Å²) in [5, 5.41) is 3.71. The van der Waals surface area contributed by atoms with Gasteiger partial charge in [0.25, 0.3) is 0 Å². The van der Waals surface area contributed by atoms with E-state index in [0.29, 0.717) is 15.6 Å². The first-order chi connectivity index (χ1) is 12.4. The zero-order valence-corrected chi connectivity index (χ0v) is 16.2. The second-order valence-electron chi connectivity index (χ2n) is 6.16. The zero-order valence-electron chi connectivity index (χ0n) is 13.9. The zero-order chi connectivity index (χ0) is 18.7. The summed E-state index contributed by atoms with van der Waals surface area (Å²) in [7, 11) is -3.89. The lowest BCUT2D eigenvalue weighted by atomic mass is 10.2. The Morgan fingerprint density at radius 3 is 2.35 bits per heavy atom. The van der Waals surface area contributed by atoms with E-state index in [-0.39, 0.29) is 29.9 Å². The number of nitrogens with zero attached hydrogens (tertiary/aromatic N) is 1. The van der Waals surface area contributed by atoms with Crippen LogP contribution in [-0.4, -0.2) is 31.2 Å². The Bertz CT molecular complexity index is 897. The second kappa shape index (κ2) is 7.96. The molecule has 0 radical (unpaired) electrons. The summed E-state index contributed by atoms with van der Waals surface area (Å²) in [4.78, 5) is 12.3. The van der Waals surface area contributed by atoms with E-state index in [1.807, 2.05) is 0 Å². The number of rotatable bonds is 7. The van der Waals surface area contributed by atoms with Crippen LogP contribution < -0.4 is 5.32 Å². The molecule has 0 saturated heterocycles. The summed E-state index contributed by atoms with van der Waals surface area (Å²) in [5.74, 6) is -0.322. The van der Waals surface area contributed by atoms with E-state index in [9.17, 15) is 13.2 Å². The van der Waals surface area contributed by atoms with Crippen molar-refractivity contribution in [2.45, 2.75) is 30.3 Å². The lowest BCUT2D eigenvalue weighted by molar-refractivity contribution is -0.121. The van der Waals surface area contributed by atoms with Gasteiger partial charge in [-0.05, 0) is 48.7 Å². The van der Waals surface area contributed by atoms with Crippen LogP contribution in [0.3, 0.4) is 0 Å². The molecule has 5 nitrogen and oxygen atoms in total. The lowest BCUT2D eigenvalue weighted by Crippen LogP contribution is -2.41. The SMILES string of the molecule is O=C(CN(Cc1ccccc1Cl)S(=O)(=O)c1ccc(Cl)cc1)NC1CC1. The molecular weight excluding hydrogens is 395 g/mol. The predicted molar refractivity (Wildman–Crippen MR) is 102 cm³/mol. The molecule has 0 atom stereocenters. The maximum Gasteiger partial charge on any atom is 0.243 e. The largest absolute Gasteiger partial charge is 0.352 e. The van der Waals surface area contributed by atoms with E-state index in [2.05, 4.69) is 5.32 Å². The van der Waals surface area contributed by atoms with Gasteiger partial charge in [0, 0.05) is 22.6 Å². The number of hydrogen-bond donors (Lipinski definition) is 1. The number of nitrogens with one attached hydrogen (secondary N) is 1. The van der Waals surface area contributed by atoms with Gasteiger partial charge in [-0.25, -0.2) is 8.42 Å².